The number of hydrogen-bond acceptors (Lipinski definition) is 3. The highest BCUT2D eigenvalue weighted by atomic mass is 35.5. The number of fused-ring (bicyclic) bond motifs is 1. The predicted molar refractivity (Wildman–Crippen MR) is 111 cm³/mol. The van der Waals surface area contributed by atoms with Crippen LogP contribution in [0, 0.1) is 0 Å². The number of hydrogen-bond donors (Lipinski definition) is 1. The van der Waals surface area contributed by atoms with Crippen LogP contribution in [0.3, 0.4) is 0 Å². The van der Waals surface area contributed by atoms with Crippen LogP contribution in [0.1, 0.15) is 0 Å². The first kappa shape index (κ1) is 19.5. The molecule has 1 amide bonds. The molecule has 0 atom stereocenters. The minimum Gasteiger partial charge on any atom is -0.324 e. The van der Waals surface area contributed by atoms with Gasteiger partial charge in [-0.1, -0.05) is 59.6 Å². The molecule has 27 heavy (non-hydrogen) atoms. The van der Waals surface area contributed by atoms with E-state index >= 15 is 0 Å². The zero-order valence-corrected chi connectivity index (χ0v) is 16.6. The molecule has 0 heterocycles. The Balaban J connectivity index is 1.92. The van der Waals surface area contributed by atoms with E-state index in [2.05, 4.69) is 5.32 Å². The fraction of sp³-hybridized carbons (Fsp3) is 0.105. The SMILES string of the molecule is CS(=O)(=O)N(CC(=O)Nc1ccc(Cl)c(Cl)c1)c1cccc2ccccc12. The summed E-state index contributed by atoms with van der Waals surface area (Å²) in [5, 5.41) is 4.93. The van der Waals surface area contributed by atoms with E-state index in [0.29, 0.717) is 21.4 Å². The van der Waals surface area contributed by atoms with E-state index in [-0.39, 0.29) is 6.54 Å². The molecule has 0 aliphatic carbocycles. The van der Waals surface area contributed by atoms with Crippen molar-refractivity contribution < 1.29 is 13.2 Å². The smallest absolute Gasteiger partial charge is 0.245 e. The van der Waals surface area contributed by atoms with Crippen LogP contribution >= 0.6 is 23.2 Å². The molecule has 0 bridgehead atoms. The molecule has 0 aliphatic rings. The summed E-state index contributed by atoms with van der Waals surface area (Å²) in [7, 11) is -3.69. The summed E-state index contributed by atoms with van der Waals surface area (Å²) in [4.78, 5) is 12.5. The van der Waals surface area contributed by atoms with Crippen LogP contribution in [0.25, 0.3) is 10.8 Å². The van der Waals surface area contributed by atoms with Crippen LogP contribution in [-0.2, 0) is 14.8 Å². The van der Waals surface area contributed by atoms with Gasteiger partial charge < -0.3 is 5.32 Å². The summed E-state index contributed by atoms with van der Waals surface area (Å²) in [6.45, 7) is -0.368. The molecule has 0 fully saturated rings. The van der Waals surface area contributed by atoms with Gasteiger partial charge in [0.25, 0.3) is 0 Å². The minimum absolute atomic E-state index is 0.295. The van der Waals surface area contributed by atoms with E-state index in [0.717, 1.165) is 21.3 Å². The normalized spacial score (nSPS) is 11.4. The first-order valence-corrected chi connectivity index (χ1v) is 10.6. The quantitative estimate of drug-likeness (QED) is 0.655. The highest BCUT2D eigenvalue weighted by molar-refractivity contribution is 7.92. The zero-order chi connectivity index (χ0) is 19.6. The number of halogens is 2. The minimum atomic E-state index is -3.69. The molecule has 0 unspecified atom stereocenters. The van der Waals surface area contributed by atoms with Crippen molar-refractivity contribution in [3.05, 3.63) is 70.7 Å². The molecule has 0 aromatic heterocycles. The topological polar surface area (TPSA) is 66.5 Å². The van der Waals surface area contributed by atoms with Crippen LogP contribution in [0.4, 0.5) is 11.4 Å². The first-order chi connectivity index (χ1) is 12.8. The maximum absolute atomic E-state index is 12.5. The summed E-state index contributed by atoms with van der Waals surface area (Å²) in [5.74, 6) is -0.494. The Morgan fingerprint density at radius 2 is 1.70 bits per heavy atom. The average molecular weight is 423 g/mol. The lowest BCUT2D eigenvalue weighted by molar-refractivity contribution is -0.114. The molecule has 8 heteroatoms. The van der Waals surface area contributed by atoms with Crippen LogP contribution in [0.2, 0.25) is 10.0 Å². The lowest BCUT2D eigenvalue weighted by atomic mass is 10.1. The van der Waals surface area contributed by atoms with Crippen molar-refractivity contribution in [3.63, 3.8) is 0 Å². The number of amides is 1. The van der Waals surface area contributed by atoms with E-state index in [4.69, 9.17) is 23.2 Å². The van der Waals surface area contributed by atoms with Gasteiger partial charge in [-0.15, -0.1) is 0 Å². The van der Waals surface area contributed by atoms with Gasteiger partial charge >= 0.3 is 0 Å². The standard InChI is InChI=1S/C19H16Cl2N2O3S/c1-27(25,26)23(18-8-4-6-13-5-2-3-7-15(13)18)12-19(24)22-14-9-10-16(20)17(21)11-14/h2-11H,12H2,1H3,(H,22,24). The maximum atomic E-state index is 12.5. The number of rotatable bonds is 5. The number of nitrogens with zero attached hydrogens (tertiary/aromatic N) is 1. The summed E-state index contributed by atoms with van der Waals surface area (Å²) in [6.07, 6.45) is 1.07. The van der Waals surface area contributed by atoms with Gasteiger partial charge in [-0.3, -0.25) is 9.10 Å². The van der Waals surface area contributed by atoms with Gasteiger partial charge in [0.05, 0.1) is 22.0 Å². The molecule has 3 rings (SSSR count). The summed E-state index contributed by atoms with van der Waals surface area (Å²) < 4.78 is 25.8. The Kier molecular flexibility index (Phi) is 5.60. The van der Waals surface area contributed by atoms with E-state index in [1.165, 1.54) is 6.07 Å². The molecule has 3 aromatic carbocycles. The fourth-order valence-corrected chi connectivity index (χ4v) is 3.88. The van der Waals surface area contributed by atoms with Gasteiger partial charge in [0.15, 0.2) is 0 Å². The zero-order valence-electron chi connectivity index (χ0n) is 14.3. The van der Waals surface area contributed by atoms with Gasteiger partial charge in [0.2, 0.25) is 15.9 Å². The highest BCUT2D eigenvalue weighted by Crippen LogP contribution is 2.29. The summed E-state index contributed by atoms with van der Waals surface area (Å²) in [6, 6.07) is 17.4. The third-order valence-electron chi connectivity index (χ3n) is 3.93. The molecule has 0 saturated carbocycles. The summed E-state index contributed by atoms with van der Waals surface area (Å²) >= 11 is 11.8. The molecule has 5 nitrogen and oxygen atoms in total. The molecular weight excluding hydrogens is 407 g/mol. The highest BCUT2D eigenvalue weighted by Gasteiger charge is 2.22. The van der Waals surface area contributed by atoms with E-state index < -0.39 is 15.9 Å². The Hall–Kier alpha value is -2.28. The van der Waals surface area contributed by atoms with Crippen molar-refractivity contribution in [2.45, 2.75) is 0 Å². The number of carbonyl (C=O) groups excluding carboxylic acids is 1. The molecule has 0 saturated heterocycles. The van der Waals surface area contributed by atoms with Crippen LogP contribution < -0.4 is 9.62 Å². The summed E-state index contributed by atoms with van der Waals surface area (Å²) in [5.41, 5.74) is 0.876. The molecule has 3 aromatic rings. The van der Waals surface area contributed by atoms with E-state index in [1.54, 1.807) is 24.3 Å². The Bertz CT molecular complexity index is 1110. The van der Waals surface area contributed by atoms with Crippen LogP contribution in [-0.4, -0.2) is 27.1 Å². The average Bonchev–Trinajstić information content (AvgIpc) is 2.61. The van der Waals surface area contributed by atoms with Gasteiger partial charge in [0.1, 0.15) is 6.54 Å². The Morgan fingerprint density at radius 1 is 1.00 bits per heavy atom. The number of anilines is 2. The number of sulfonamides is 1. The molecular formula is C19H16Cl2N2O3S. The second kappa shape index (κ2) is 7.76. The van der Waals surface area contributed by atoms with Crippen molar-refractivity contribution in [2.75, 3.05) is 22.4 Å². The van der Waals surface area contributed by atoms with Gasteiger partial charge in [0, 0.05) is 11.1 Å². The van der Waals surface area contributed by atoms with Crippen molar-refractivity contribution in [2.24, 2.45) is 0 Å². The lowest BCUT2D eigenvalue weighted by Crippen LogP contribution is -2.37. The van der Waals surface area contributed by atoms with Crippen LogP contribution in [0.5, 0.6) is 0 Å². The lowest BCUT2D eigenvalue weighted by Gasteiger charge is -2.23. The fourth-order valence-electron chi connectivity index (χ4n) is 2.71. The van der Waals surface area contributed by atoms with E-state index in [9.17, 15) is 13.2 Å². The number of carbonyl (C=O) groups is 1. The Labute approximate surface area is 167 Å². The molecule has 0 aliphatic heterocycles. The predicted octanol–water partition coefficient (Wildman–Crippen LogP) is 4.55. The second-order valence-corrected chi connectivity index (χ2v) is 8.67. The molecule has 0 radical (unpaired) electrons. The van der Waals surface area contributed by atoms with Crippen LogP contribution in [0.15, 0.2) is 60.7 Å². The molecule has 0 spiro atoms. The van der Waals surface area contributed by atoms with Gasteiger partial charge in [-0.05, 0) is 29.7 Å². The van der Waals surface area contributed by atoms with Crippen molar-refractivity contribution in [1.29, 1.82) is 0 Å². The largest absolute Gasteiger partial charge is 0.324 e. The third-order valence-corrected chi connectivity index (χ3v) is 5.79. The third kappa shape index (κ3) is 4.53. The monoisotopic (exact) mass is 422 g/mol. The maximum Gasteiger partial charge on any atom is 0.245 e. The molecule has 140 valence electrons. The first-order valence-electron chi connectivity index (χ1n) is 7.96. The van der Waals surface area contributed by atoms with Crippen molar-refractivity contribution in [3.8, 4) is 0 Å². The van der Waals surface area contributed by atoms with Crippen molar-refractivity contribution in [1.82, 2.24) is 0 Å². The van der Waals surface area contributed by atoms with Gasteiger partial charge in [-0.25, -0.2) is 8.42 Å². The van der Waals surface area contributed by atoms with E-state index in [1.807, 2.05) is 30.3 Å². The Morgan fingerprint density at radius 3 is 2.41 bits per heavy atom. The number of benzene rings is 3. The van der Waals surface area contributed by atoms with Gasteiger partial charge in [-0.2, -0.15) is 0 Å². The second-order valence-electron chi connectivity index (χ2n) is 5.94. The van der Waals surface area contributed by atoms with Crippen molar-refractivity contribution >= 4 is 61.3 Å². The molecule has 1 N–H and O–H groups in total. The number of nitrogens with one attached hydrogen (secondary N) is 1.